The molecule has 2 heterocycles. The molecule has 0 atom stereocenters. The zero-order chi connectivity index (χ0) is 21.8. The van der Waals surface area contributed by atoms with Crippen molar-refractivity contribution in [2.75, 3.05) is 12.4 Å². The number of nitrogens with one attached hydrogen (secondary N) is 1. The Morgan fingerprint density at radius 1 is 1.13 bits per heavy atom. The van der Waals surface area contributed by atoms with Crippen LogP contribution in [0.1, 0.15) is 0 Å². The molecule has 4 rings (SSSR count). The van der Waals surface area contributed by atoms with Gasteiger partial charge in [-0.25, -0.2) is 0 Å². The summed E-state index contributed by atoms with van der Waals surface area (Å²) in [6, 6.07) is 17.6. The van der Waals surface area contributed by atoms with Gasteiger partial charge < -0.3 is 19.1 Å². The molecule has 0 aliphatic heterocycles. The van der Waals surface area contributed by atoms with Crippen molar-refractivity contribution in [3.63, 3.8) is 0 Å². The first-order valence-corrected chi connectivity index (χ1v) is 10.1. The average molecular weight is 481 g/mol. The number of ether oxygens (including phenoxy) is 1. The maximum absolute atomic E-state index is 12.9. The van der Waals surface area contributed by atoms with E-state index in [4.69, 9.17) is 9.26 Å². The number of hydrogen-bond donors (Lipinski definition) is 1. The third-order valence-corrected chi connectivity index (χ3v) is 5.00. The van der Waals surface area contributed by atoms with E-state index in [2.05, 4.69) is 31.4 Å². The largest absolute Gasteiger partial charge is 0.497 e. The van der Waals surface area contributed by atoms with Crippen LogP contribution in [0, 0.1) is 0 Å². The van der Waals surface area contributed by atoms with Crippen LogP contribution in [0.2, 0.25) is 0 Å². The first kappa shape index (κ1) is 20.5. The summed E-state index contributed by atoms with van der Waals surface area (Å²) in [5.74, 6) is 0.803. The Hall–Kier alpha value is -3.72. The molecule has 2 aromatic carbocycles. The van der Waals surface area contributed by atoms with Gasteiger partial charge in [0.05, 0.1) is 7.11 Å². The molecule has 0 saturated heterocycles. The Bertz CT molecular complexity index is 1260. The van der Waals surface area contributed by atoms with E-state index < -0.39 is 5.56 Å². The maximum atomic E-state index is 12.9. The summed E-state index contributed by atoms with van der Waals surface area (Å²) in [4.78, 5) is 29.6. The van der Waals surface area contributed by atoms with E-state index in [1.54, 1.807) is 43.5 Å². The monoisotopic (exact) mass is 480 g/mol. The smallest absolute Gasteiger partial charge is 0.263 e. The summed E-state index contributed by atoms with van der Waals surface area (Å²) < 4.78 is 12.6. The molecule has 4 aromatic rings. The fourth-order valence-corrected chi connectivity index (χ4v) is 3.17. The molecular formula is C22H17BrN4O4. The lowest BCUT2D eigenvalue weighted by atomic mass is 10.2. The fraction of sp³-hybridized carbons (Fsp3) is 0.0909. The molecule has 0 saturated carbocycles. The van der Waals surface area contributed by atoms with Crippen molar-refractivity contribution in [2.24, 2.45) is 0 Å². The predicted molar refractivity (Wildman–Crippen MR) is 119 cm³/mol. The molecule has 1 amide bonds. The Kier molecular flexibility index (Phi) is 5.94. The maximum Gasteiger partial charge on any atom is 0.263 e. The van der Waals surface area contributed by atoms with Gasteiger partial charge in [-0.15, -0.1) is 0 Å². The average Bonchev–Trinajstić information content (AvgIpc) is 3.26. The number of benzene rings is 2. The Labute approximate surface area is 185 Å². The van der Waals surface area contributed by atoms with Gasteiger partial charge in [-0.1, -0.05) is 21.1 Å². The summed E-state index contributed by atoms with van der Waals surface area (Å²) in [5.41, 5.74) is 1.17. The first-order chi connectivity index (χ1) is 15.0. The SMILES string of the molecule is COc1ccc(NC(=O)Cn2cccc(-c3nc(-c4ccc(Br)cc4)no3)c2=O)cc1. The zero-order valence-electron chi connectivity index (χ0n) is 16.4. The van der Waals surface area contributed by atoms with Crippen LogP contribution in [0.4, 0.5) is 5.69 Å². The molecule has 1 N–H and O–H groups in total. The number of anilines is 1. The van der Waals surface area contributed by atoms with Gasteiger partial charge in [0.2, 0.25) is 11.7 Å². The number of carbonyl (C=O) groups is 1. The normalized spacial score (nSPS) is 10.6. The molecule has 156 valence electrons. The van der Waals surface area contributed by atoms with Crippen LogP contribution in [0.15, 0.2) is 80.7 Å². The van der Waals surface area contributed by atoms with E-state index in [1.165, 1.54) is 10.8 Å². The predicted octanol–water partition coefficient (Wildman–Crippen LogP) is 3.98. The molecule has 0 unspecified atom stereocenters. The molecular weight excluding hydrogens is 464 g/mol. The van der Waals surface area contributed by atoms with Crippen LogP contribution >= 0.6 is 15.9 Å². The van der Waals surface area contributed by atoms with Crippen LogP contribution in [0.5, 0.6) is 5.75 Å². The minimum absolute atomic E-state index is 0.0906. The highest BCUT2D eigenvalue weighted by molar-refractivity contribution is 9.10. The van der Waals surface area contributed by atoms with Crippen molar-refractivity contribution in [3.05, 3.63) is 81.7 Å². The van der Waals surface area contributed by atoms with Gasteiger partial charge in [0.15, 0.2) is 0 Å². The van der Waals surface area contributed by atoms with Crippen LogP contribution in [-0.4, -0.2) is 27.7 Å². The number of carbonyl (C=O) groups excluding carboxylic acids is 1. The number of rotatable bonds is 6. The van der Waals surface area contributed by atoms with Gasteiger partial charge in [-0.3, -0.25) is 9.59 Å². The van der Waals surface area contributed by atoms with Crippen LogP contribution in [0.3, 0.4) is 0 Å². The summed E-state index contributed by atoms with van der Waals surface area (Å²) in [6.07, 6.45) is 1.53. The molecule has 31 heavy (non-hydrogen) atoms. The molecule has 0 spiro atoms. The minimum atomic E-state index is -0.404. The highest BCUT2D eigenvalue weighted by atomic mass is 79.9. The van der Waals surface area contributed by atoms with E-state index >= 15 is 0 Å². The van der Waals surface area contributed by atoms with Crippen molar-refractivity contribution >= 4 is 27.5 Å². The van der Waals surface area contributed by atoms with Crippen molar-refractivity contribution < 1.29 is 14.1 Å². The van der Waals surface area contributed by atoms with Crippen molar-refractivity contribution in [2.45, 2.75) is 6.54 Å². The number of amides is 1. The molecule has 0 bridgehead atoms. The molecule has 8 nitrogen and oxygen atoms in total. The summed E-state index contributed by atoms with van der Waals surface area (Å²) in [7, 11) is 1.57. The lowest BCUT2D eigenvalue weighted by Gasteiger charge is -2.08. The standard InChI is InChI=1S/C22H17BrN4O4/c1-30-17-10-8-16(9-11-17)24-19(28)13-27-12-2-3-18(22(27)29)21-25-20(26-31-21)14-4-6-15(23)7-5-14/h2-12H,13H2,1H3,(H,24,28). The number of halogens is 1. The van der Waals surface area contributed by atoms with Crippen LogP contribution in [-0.2, 0) is 11.3 Å². The fourth-order valence-electron chi connectivity index (χ4n) is 2.90. The van der Waals surface area contributed by atoms with Crippen molar-refractivity contribution in [1.82, 2.24) is 14.7 Å². The molecule has 0 aliphatic rings. The Morgan fingerprint density at radius 2 is 1.87 bits per heavy atom. The zero-order valence-corrected chi connectivity index (χ0v) is 18.0. The molecule has 9 heteroatoms. The lowest BCUT2D eigenvalue weighted by molar-refractivity contribution is -0.116. The van der Waals surface area contributed by atoms with E-state index in [0.717, 1.165) is 10.0 Å². The molecule has 0 aliphatic carbocycles. The molecule has 0 fully saturated rings. The highest BCUT2D eigenvalue weighted by Crippen LogP contribution is 2.22. The van der Waals surface area contributed by atoms with E-state index in [-0.39, 0.29) is 23.9 Å². The van der Waals surface area contributed by atoms with Crippen molar-refractivity contribution in [1.29, 1.82) is 0 Å². The third-order valence-electron chi connectivity index (χ3n) is 4.47. The highest BCUT2D eigenvalue weighted by Gasteiger charge is 2.16. The Balaban J connectivity index is 1.52. The minimum Gasteiger partial charge on any atom is -0.497 e. The van der Waals surface area contributed by atoms with Crippen LogP contribution < -0.4 is 15.6 Å². The van der Waals surface area contributed by atoms with Gasteiger partial charge in [-0.2, -0.15) is 4.98 Å². The number of aromatic nitrogens is 3. The van der Waals surface area contributed by atoms with Gasteiger partial charge >= 0.3 is 0 Å². The number of pyridine rings is 1. The van der Waals surface area contributed by atoms with Gasteiger partial charge in [0, 0.05) is 21.9 Å². The van der Waals surface area contributed by atoms with E-state index in [9.17, 15) is 9.59 Å². The number of hydrogen-bond acceptors (Lipinski definition) is 6. The van der Waals surface area contributed by atoms with Gasteiger partial charge in [0.25, 0.3) is 11.4 Å². The van der Waals surface area contributed by atoms with E-state index in [0.29, 0.717) is 17.3 Å². The topological polar surface area (TPSA) is 99.2 Å². The second-order valence-electron chi connectivity index (χ2n) is 6.56. The summed E-state index contributed by atoms with van der Waals surface area (Å²) >= 11 is 3.38. The number of nitrogens with zero attached hydrogens (tertiary/aromatic N) is 3. The number of methoxy groups -OCH3 is 1. The Morgan fingerprint density at radius 3 is 2.58 bits per heavy atom. The van der Waals surface area contributed by atoms with Gasteiger partial charge in [0.1, 0.15) is 17.9 Å². The van der Waals surface area contributed by atoms with E-state index in [1.807, 2.05) is 24.3 Å². The van der Waals surface area contributed by atoms with Crippen molar-refractivity contribution in [3.8, 4) is 28.6 Å². The first-order valence-electron chi connectivity index (χ1n) is 9.27. The third kappa shape index (κ3) is 4.72. The van der Waals surface area contributed by atoms with Gasteiger partial charge in [-0.05, 0) is 60.7 Å². The quantitative estimate of drug-likeness (QED) is 0.448. The molecule has 2 aromatic heterocycles. The second kappa shape index (κ2) is 8.97. The molecule has 0 radical (unpaired) electrons. The lowest BCUT2D eigenvalue weighted by Crippen LogP contribution is -2.28. The second-order valence-corrected chi connectivity index (χ2v) is 7.48. The van der Waals surface area contributed by atoms with Crippen LogP contribution in [0.25, 0.3) is 22.8 Å². The summed E-state index contributed by atoms with van der Waals surface area (Å²) in [5, 5.41) is 6.70. The summed E-state index contributed by atoms with van der Waals surface area (Å²) in [6.45, 7) is -0.160.